The van der Waals surface area contributed by atoms with E-state index in [9.17, 15) is 5.11 Å². The van der Waals surface area contributed by atoms with Gasteiger partial charge in [0.25, 0.3) is 0 Å². The summed E-state index contributed by atoms with van der Waals surface area (Å²) >= 11 is 0. The van der Waals surface area contributed by atoms with Gasteiger partial charge < -0.3 is 9.84 Å². The van der Waals surface area contributed by atoms with E-state index in [4.69, 9.17) is 4.74 Å². The minimum Gasteiger partial charge on any atom is -0.487 e. The number of ether oxygens (including phenoxy) is 1. The van der Waals surface area contributed by atoms with Gasteiger partial charge >= 0.3 is 0 Å². The molecule has 0 saturated carbocycles. The van der Waals surface area contributed by atoms with Crippen molar-refractivity contribution in [3.63, 3.8) is 0 Å². The molecule has 3 nitrogen and oxygen atoms in total. The third-order valence-electron chi connectivity index (χ3n) is 4.47. The normalized spacial score (nSPS) is 22.4. The largest absolute Gasteiger partial charge is 0.487 e. The molecule has 1 atom stereocenters. The van der Waals surface area contributed by atoms with Crippen LogP contribution < -0.4 is 4.74 Å². The Kier molecular flexibility index (Phi) is 2.97. The first kappa shape index (κ1) is 14.2. The summed E-state index contributed by atoms with van der Waals surface area (Å²) in [5.74, 6) is 0.736. The molecule has 1 N–H and O–H groups in total. The van der Waals surface area contributed by atoms with Gasteiger partial charge in [-0.25, -0.2) is 0 Å². The first-order valence-corrected chi connectivity index (χ1v) is 7.84. The van der Waals surface area contributed by atoms with Crippen LogP contribution >= 0.6 is 0 Å². The molecular formula is C20H19NO2. The van der Waals surface area contributed by atoms with Gasteiger partial charge in [-0.15, -0.1) is 0 Å². The van der Waals surface area contributed by atoms with Crippen LogP contribution in [0.2, 0.25) is 0 Å². The van der Waals surface area contributed by atoms with Gasteiger partial charge in [-0.3, -0.25) is 4.98 Å². The van der Waals surface area contributed by atoms with Gasteiger partial charge in [0.15, 0.2) is 0 Å². The molecule has 0 bridgehead atoms. The summed E-state index contributed by atoms with van der Waals surface area (Å²) in [4.78, 5) is 4.52. The lowest BCUT2D eigenvalue weighted by atomic mass is 9.76. The molecule has 1 aliphatic rings. The van der Waals surface area contributed by atoms with E-state index in [1.807, 2.05) is 68.4 Å². The Morgan fingerprint density at radius 1 is 1.04 bits per heavy atom. The minimum absolute atomic E-state index is 0.450. The smallest absolute Gasteiger partial charge is 0.126 e. The van der Waals surface area contributed by atoms with Crippen molar-refractivity contribution in [2.24, 2.45) is 0 Å². The molecule has 0 fully saturated rings. The molecule has 3 heteroatoms. The van der Waals surface area contributed by atoms with Gasteiger partial charge in [0.05, 0.1) is 5.52 Å². The molecule has 116 valence electrons. The standard InChI is InChI=1S/C20H19NO2/c1-19(2)13-20(22,16-8-4-6-10-18(16)23-19)15-11-14-7-3-5-9-17(14)21-12-15/h3-12,22H,13H2,1-2H3. The van der Waals surface area contributed by atoms with E-state index in [-0.39, 0.29) is 0 Å². The number of para-hydroxylation sites is 2. The van der Waals surface area contributed by atoms with Crippen molar-refractivity contribution in [2.75, 3.05) is 0 Å². The average Bonchev–Trinajstić information content (AvgIpc) is 2.53. The van der Waals surface area contributed by atoms with Crippen molar-refractivity contribution in [1.82, 2.24) is 4.98 Å². The molecule has 1 aliphatic heterocycles. The maximum absolute atomic E-state index is 11.6. The number of hydrogen-bond acceptors (Lipinski definition) is 3. The molecule has 2 aromatic carbocycles. The Bertz CT molecular complexity index is 887. The Labute approximate surface area is 135 Å². The molecule has 3 aromatic rings. The molecular weight excluding hydrogens is 286 g/mol. The Hall–Kier alpha value is -2.39. The zero-order valence-corrected chi connectivity index (χ0v) is 13.3. The summed E-state index contributed by atoms with van der Waals surface area (Å²) in [5.41, 5.74) is 0.986. The number of hydrogen-bond donors (Lipinski definition) is 1. The van der Waals surface area contributed by atoms with Crippen LogP contribution in [-0.2, 0) is 5.60 Å². The Morgan fingerprint density at radius 3 is 2.65 bits per heavy atom. The average molecular weight is 305 g/mol. The monoisotopic (exact) mass is 305 g/mol. The lowest BCUT2D eigenvalue weighted by Crippen LogP contribution is -2.45. The predicted octanol–water partition coefficient (Wildman–Crippen LogP) is 4.03. The molecule has 1 aromatic heterocycles. The van der Waals surface area contributed by atoms with Gasteiger partial charge in [0.2, 0.25) is 0 Å². The van der Waals surface area contributed by atoms with Crippen LogP contribution in [0.5, 0.6) is 5.75 Å². The highest BCUT2D eigenvalue weighted by molar-refractivity contribution is 5.79. The fourth-order valence-corrected chi connectivity index (χ4v) is 3.50. The van der Waals surface area contributed by atoms with E-state index in [0.717, 1.165) is 27.8 Å². The van der Waals surface area contributed by atoms with Crippen LogP contribution in [0.1, 0.15) is 31.4 Å². The van der Waals surface area contributed by atoms with Crippen LogP contribution in [0.15, 0.2) is 60.8 Å². The van der Waals surface area contributed by atoms with E-state index in [1.165, 1.54) is 0 Å². The topological polar surface area (TPSA) is 42.4 Å². The van der Waals surface area contributed by atoms with Crippen molar-refractivity contribution in [2.45, 2.75) is 31.5 Å². The van der Waals surface area contributed by atoms with Crippen LogP contribution in [0, 0.1) is 0 Å². The number of pyridine rings is 1. The molecule has 23 heavy (non-hydrogen) atoms. The van der Waals surface area contributed by atoms with Gasteiger partial charge in [-0.05, 0) is 32.0 Å². The Morgan fingerprint density at radius 2 is 1.78 bits per heavy atom. The van der Waals surface area contributed by atoms with Gasteiger partial charge in [-0.1, -0.05) is 36.4 Å². The maximum Gasteiger partial charge on any atom is 0.126 e. The third kappa shape index (κ3) is 2.28. The maximum atomic E-state index is 11.6. The van der Waals surface area contributed by atoms with Gasteiger partial charge in [0, 0.05) is 29.1 Å². The number of aliphatic hydroxyl groups is 1. The molecule has 0 saturated heterocycles. The molecule has 0 radical (unpaired) electrons. The number of rotatable bonds is 1. The fourth-order valence-electron chi connectivity index (χ4n) is 3.50. The molecule has 1 unspecified atom stereocenters. The number of nitrogens with zero attached hydrogens (tertiary/aromatic N) is 1. The van der Waals surface area contributed by atoms with Crippen LogP contribution in [0.3, 0.4) is 0 Å². The van der Waals surface area contributed by atoms with Crippen molar-refractivity contribution in [1.29, 1.82) is 0 Å². The van der Waals surface area contributed by atoms with Crippen molar-refractivity contribution >= 4 is 10.9 Å². The SMILES string of the molecule is CC1(C)CC(O)(c2cnc3ccccc3c2)c2ccccc2O1. The van der Waals surface area contributed by atoms with Crippen LogP contribution in [-0.4, -0.2) is 15.7 Å². The van der Waals surface area contributed by atoms with Gasteiger partial charge in [0.1, 0.15) is 17.0 Å². The number of aromatic nitrogens is 1. The molecule has 2 heterocycles. The zero-order chi connectivity index (χ0) is 16.1. The zero-order valence-electron chi connectivity index (χ0n) is 13.3. The highest BCUT2D eigenvalue weighted by atomic mass is 16.5. The second-order valence-corrected chi connectivity index (χ2v) is 6.81. The van der Waals surface area contributed by atoms with Crippen molar-refractivity contribution < 1.29 is 9.84 Å². The lowest BCUT2D eigenvalue weighted by Gasteiger charge is -2.43. The molecule has 0 spiro atoms. The second-order valence-electron chi connectivity index (χ2n) is 6.81. The lowest BCUT2D eigenvalue weighted by molar-refractivity contribution is -0.0380. The van der Waals surface area contributed by atoms with E-state index in [2.05, 4.69) is 4.98 Å². The fraction of sp³-hybridized carbons (Fsp3) is 0.250. The quantitative estimate of drug-likeness (QED) is 0.738. The van der Waals surface area contributed by atoms with Crippen LogP contribution in [0.4, 0.5) is 0 Å². The molecule has 0 aliphatic carbocycles. The summed E-state index contributed by atoms with van der Waals surface area (Å²) in [6.07, 6.45) is 2.26. The number of fused-ring (bicyclic) bond motifs is 2. The highest BCUT2D eigenvalue weighted by Crippen LogP contribution is 2.47. The second kappa shape index (κ2) is 4.80. The van der Waals surface area contributed by atoms with Crippen molar-refractivity contribution in [3.8, 4) is 5.75 Å². The first-order valence-electron chi connectivity index (χ1n) is 7.84. The summed E-state index contributed by atoms with van der Waals surface area (Å²) in [6.45, 7) is 4.00. The molecule has 4 rings (SSSR count). The van der Waals surface area contributed by atoms with E-state index in [1.54, 1.807) is 6.20 Å². The summed E-state index contributed by atoms with van der Waals surface area (Å²) in [5, 5.41) is 12.6. The van der Waals surface area contributed by atoms with E-state index in [0.29, 0.717) is 6.42 Å². The van der Waals surface area contributed by atoms with E-state index < -0.39 is 11.2 Å². The first-order chi connectivity index (χ1) is 11.0. The Balaban J connectivity index is 1.94. The van der Waals surface area contributed by atoms with Crippen LogP contribution in [0.25, 0.3) is 10.9 Å². The highest BCUT2D eigenvalue weighted by Gasteiger charge is 2.45. The predicted molar refractivity (Wildman–Crippen MR) is 90.5 cm³/mol. The third-order valence-corrected chi connectivity index (χ3v) is 4.47. The van der Waals surface area contributed by atoms with Crippen molar-refractivity contribution in [3.05, 3.63) is 71.9 Å². The minimum atomic E-state index is -1.10. The summed E-state index contributed by atoms with van der Waals surface area (Å²) in [6, 6.07) is 17.7. The number of benzene rings is 2. The van der Waals surface area contributed by atoms with Gasteiger partial charge in [-0.2, -0.15) is 0 Å². The molecule has 0 amide bonds. The van der Waals surface area contributed by atoms with E-state index >= 15 is 0 Å². The summed E-state index contributed by atoms with van der Waals surface area (Å²) in [7, 11) is 0. The summed E-state index contributed by atoms with van der Waals surface area (Å²) < 4.78 is 6.04.